The van der Waals surface area contributed by atoms with Crippen LogP contribution in [-0.2, 0) is 0 Å². The van der Waals surface area contributed by atoms with Crippen LogP contribution in [-0.4, -0.2) is 14.6 Å². The van der Waals surface area contributed by atoms with E-state index in [1.165, 1.54) is 10.9 Å². The van der Waals surface area contributed by atoms with Gasteiger partial charge in [0, 0.05) is 0 Å². The van der Waals surface area contributed by atoms with Gasteiger partial charge in [0.1, 0.15) is 0 Å². The molecule has 0 saturated carbocycles. The molecule has 1 aromatic carbocycles. The minimum atomic E-state index is 1.14. The lowest BCUT2D eigenvalue weighted by molar-refractivity contribution is 1.82. The molecule has 0 unspecified atom stereocenters. The van der Waals surface area contributed by atoms with E-state index in [0.29, 0.717) is 0 Å². The SMILES string of the molecule is CBc1ccc(BC)cc1. The van der Waals surface area contributed by atoms with Gasteiger partial charge in [-0.2, -0.15) is 0 Å². The van der Waals surface area contributed by atoms with Gasteiger partial charge in [0.25, 0.3) is 0 Å². The largest absolute Gasteiger partial charge is 0.154 e. The van der Waals surface area contributed by atoms with Gasteiger partial charge in [-0.1, -0.05) is 48.8 Å². The van der Waals surface area contributed by atoms with Crippen molar-refractivity contribution < 1.29 is 0 Å². The van der Waals surface area contributed by atoms with E-state index in [1.807, 2.05) is 0 Å². The van der Waals surface area contributed by atoms with Crippen LogP contribution in [0.1, 0.15) is 0 Å². The number of hydrogen-bond donors (Lipinski definition) is 0. The van der Waals surface area contributed by atoms with E-state index >= 15 is 0 Å². The maximum atomic E-state index is 2.21. The van der Waals surface area contributed by atoms with Gasteiger partial charge in [0.15, 0.2) is 14.6 Å². The first kappa shape index (κ1) is 7.46. The Labute approximate surface area is 64.1 Å². The van der Waals surface area contributed by atoms with Crippen LogP contribution in [0.5, 0.6) is 0 Å². The summed E-state index contributed by atoms with van der Waals surface area (Å²) in [5.41, 5.74) is 2.86. The van der Waals surface area contributed by atoms with Gasteiger partial charge in [0.05, 0.1) is 0 Å². The van der Waals surface area contributed by atoms with Crippen molar-refractivity contribution in [1.29, 1.82) is 0 Å². The first-order valence-electron chi connectivity index (χ1n) is 3.94. The molecule has 0 bridgehead atoms. The Hall–Kier alpha value is -0.650. The summed E-state index contributed by atoms with van der Waals surface area (Å²) in [4.78, 5) is 0. The molecule has 0 saturated heterocycles. The molecule has 0 aromatic heterocycles. The standard InChI is InChI=1S/C8H12B2/c1-9-7-3-5-8(10-2)6-4-7/h3-6,9-10H,1-2H3. The van der Waals surface area contributed by atoms with Crippen LogP contribution in [0.4, 0.5) is 0 Å². The smallest absolute Gasteiger partial charge is 0.0849 e. The monoisotopic (exact) mass is 130 g/mol. The lowest BCUT2D eigenvalue weighted by Crippen LogP contribution is -2.16. The molecule has 0 aliphatic heterocycles. The second kappa shape index (κ2) is 3.50. The second-order valence-electron chi connectivity index (χ2n) is 2.52. The Bertz CT molecular complexity index is 168. The summed E-state index contributed by atoms with van der Waals surface area (Å²) in [5.74, 6) is 0. The molecule has 0 aliphatic carbocycles. The van der Waals surface area contributed by atoms with Crippen LogP contribution in [0.2, 0.25) is 13.6 Å². The Morgan fingerprint density at radius 3 is 1.30 bits per heavy atom. The third-order valence-electron chi connectivity index (χ3n) is 1.84. The van der Waals surface area contributed by atoms with Crippen LogP contribution in [0.25, 0.3) is 0 Å². The Morgan fingerprint density at radius 2 is 1.10 bits per heavy atom. The number of hydrogen-bond acceptors (Lipinski definition) is 0. The predicted octanol–water partition coefficient (Wildman–Crippen LogP) is -0.0936. The zero-order valence-electron chi connectivity index (χ0n) is 6.72. The molecule has 1 rings (SSSR count). The minimum Gasteiger partial charge on any atom is -0.0849 e. The zero-order chi connectivity index (χ0) is 7.40. The Balaban J connectivity index is 2.80. The molecule has 0 aliphatic rings. The lowest BCUT2D eigenvalue weighted by Gasteiger charge is -1.96. The summed E-state index contributed by atoms with van der Waals surface area (Å²) in [7, 11) is 2.29. The van der Waals surface area contributed by atoms with E-state index in [2.05, 4.69) is 37.9 Å². The third kappa shape index (κ3) is 1.66. The van der Waals surface area contributed by atoms with Crippen molar-refractivity contribution in [2.75, 3.05) is 0 Å². The highest BCUT2D eigenvalue weighted by atomic mass is 13.8. The van der Waals surface area contributed by atoms with Crippen LogP contribution < -0.4 is 10.9 Å². The van der Waals surface area contributed by atoms with E-state index in [-0.39, 0.29) is 0 Å². The quantitative estimate of drug-likeness (QED) is 0.490. The molecule has 0 atom stereocenters. The average Bonchev–Trinajstić information content (AvgIpc) is 2.05. The van der Waals surface area contributed by atoms with Gasteiger partial charge in [-0.3, -0.25) is 0 Å². The molecule has 0 amide bonds. The van der Waals surface area contributed by atoms with Crippen LogP contribution in [0.3, 0.4) is 0 Å². The van der Waals surface area contributed by atoms with Gasteiger partial charge in [0.2, 0.25) is 0 Å². The third-order valence-corrected chi connectivity index (χ3v) is 1.84. The van der Waals surface area contributed by atoms with Gasteiger partial charge in [-0.15, -0.1) is 0 Å². The first-order valence-corrected chi connectivity index (χ1v) is 3.94. The fraction of sp³-hybridized carbons (Fsp3) is 0.250. The van der Waals surface area contributed by atoms with Crippen molar-refractivity contribution in [3.05, 3.63) is 24.3 Å². The van der Waals surface area contributed by atoms with Gasteiger partial charge in [-0.25, -0.2) is 0 Å². The molecule has 0 spiro atoms. The average molecular weight is 130 g/mol. The van der Waals surface area contributed by atoms with Crippen molar-refractivity contribution in [3.8, 4) is 0 Å². The second-order valence-corrected chi connectivity index (χ2v) is 2.52. The summed E-state index contributed by atoms with van der Waals surface area (Å²) in [6.45, 7) is 4.36. The maximum absolute atomic E-state index is 2.21. The highest BCUT2D eigenvalue weighted by Gasteiger charge is 1.90. The van der Waals surface area contributed by atoms with E-state index < -0.39 is 0 Å². The first-order chi connectivity index (χ1) is 4.86. The molecular formula is C8H12B2. The van der Waals surface area contributed by atoms with E-state index in [4.69, 9.17) is 0 Å². The van der Waals surface area contributed by atoms with Crippen LogP contribution in [0.15, 0.2) is 24.3 Å². The number of benzene rings is 1. The van der Waals surface area contributed by atoms with E-state index in [9.17, 15) is 0 Å². The normalized spacial score (nSPS) is 9.00. The molecule has 0 fully saturated rings. The highest BCUT2D eigenvalue weighted by Crippen LogP contribution is 1.78. The predicted molar refractivity (Wildman–Crippen MR) is 51.7 cm³/mol. The topological polar surface area (TPSA) is 0 Å². The molecule has 0 nitrogen and oxygen atoms in total. The van der Waals surface area contributed by atoms with Gasteiger partial charge >= 0.3 is 0 Å². The zero-order valence-corrected chi connectivity index (χ0v) is 6.72. The molecule has 1 aromatic rings. The van der Waals surface area contributed by atoms with Crippen molar-refractivity contribution >= 4 is 25.5 Å². The summed E-state index contributed by atoms with van der Waals surface area (Å²) in [5, 5.41) is 0. The van der Waals surface area contributed by atoms with Crippen LogP contribution in [0, 0.1) is 0 Å². The fourth-order valence-corrected chi connectivity index (χ4v) is 1.01. The summed E-state index contributed by atoms with van der Waals surface area (Å²) >= 11 is 0. The Kier molecular flexibility index (Phi) is 2.61. The molecule has 50 valence electrons. The molecular weight excluding hydrogens is 118 g/mol. The van der Waals surface area contributed by atoms with Crippen molar-refractivity contribution in [2.45, 2.75) is 13.6 Å². The number of rotatable bonds is 2. The lowest BCUT2D eigenvalue weighted by atomic mass is 9.69. The molecule has 0 N–H and O–H groups in total. The van der Waals surface area contributed by atoms with E-state index in [0.717, 1.165) is 14.6 Å². The summed E-state index contributed by atoms with van der Waals surface area (Å²) in [6, 6.07) is 8.83. The Morgan fingerprint density at radius 1 is 0.800 bits per heavy atom. The molecule has 10 heavy (non-hydrogen) atoms. The van der Waals surface area contributed by atoms with Gasteiger partial charge < -0.3 is 0 Å². The minimum absolute atomic E-state index is 1.14. The highest BCUT2D eigenvalue weighted by molar-refractivity contribution is 6.54. The van der Waals surface area contributed by atoms with Crippen molar-refractivity contribution in [2.24, 2.45) is 0 Å². The van der Waals surface area contributed by atoms with Crippen molar-refractivity contribution in [3.63, 3.8) is 0 Å². The summed E-state index contributed by atoms with van der Waals surface area (Å²) in [6.07, 6.45) is 0. The molecule has 0 radical (unpaired) electrons. The maximum Gasteiger partial charge on any atom is 0.154 e. The van der Waals surface area contributed by atoms with Crippen molar-refractivity contribution in [1.82, 2.24) is 0 Å². The molecule has 0 heterocycles. The van der Waals surface area contributed by atoms with Crippen LogP contribution >= 0.6 is 0 Å². The summed E-state index contributed by atoms with van der Waals surface area (Å²) < 4.78 is 0. The fourth-order valence-electron chi connectivity index (χ4n) is 1.01. The van der Waals surface area contributed by atoms with E-state index in [1.54, 1.807) is 0 Å². The van der Waals surface area contributed by atoms with Gasteiger partial charge in [-0.05, 0) is 0 Å². The molecule has 2 heteroatoms.